The molecule has 0 saturated carbocycles. The van der Waals surface area contributed by atoms with Gasteiger partial charge < -0.3 is 5.32 Å². The van der Waals surface area contributed by atoms with Crippen molar-refractivity contribution in [2.45, 2.75) is 19.9 Å². The van der Waals surface area contributed by atoms with Crippen LogP contribution in [-0.4, -0.2) is 41.0 Å². The molecule has 0 aromatic rings. The summed E-state index contributed by atoms with van der Waals surface area (Å²) in [5.41, 5.74) is 0. The number of hydrogen-bond acceptors (Lipinski definition) is 3. The first-order chi connectivity index (χ1) is 6.68. The molecule has 2 aliphatic heterocycles. The van der Waals surface area contributed by atoms with Crippen molar-refractivity contribution in [1.29, 1.82) is 0 Å². The van der Waals surface area contributed by atoms with Crippen molar-refractivity contribution >= 4 is 23.0 Å². The van der Waals surface area contributed by atoms with E-state index in [1.165, 1.54) is 0 Å². The molecule has 0 radical (unpaired) electrons. The molecule has 14 heavy (non-hydrogen) atoms. The highest BCUT2D eigenvalue weighted by Gasteiger charge is 2.30. The second kappa shape index (κ2) is 3.81. The van der Waals surface area contributed by atoms with Gasteiger partial charge in [-0.2, -0.15) is 0 Å². The average molecular weight is 213 g/mol. The number of nitrogens with one attached hydrogen (secondary N) is 1. The first-order valence-corrected chi connectivity index (χ1v) is 5.93. The van der Waals surface area contributed by atoms with Crippen LogP contribution >= 0.6 is 11.8 Å². The number of carbonyl (C=O) groups is 1. The zero-order chi connectivity index (χ0) is 10.1. The van der Waals surface area contributed by atoms with Crippen LogP contribution in [0, 0.1) is 5.92 Å². The maximum atomic E-state index is 11.4. The minimum atomic E-state index is 0.000608. The molecule has 4 nitrogen and oxygen atoms in total. The number of urea groups is 1. The Labute approximate surface area is 88.1 Å². The van der Waals surface area contributed by atoms with Crippen molar-refractivity contribution in [3.63, 3.8) is 0 Å². The van der Waals surface area contributed by atoms with Crippen molar-refractivity contribution in [2.24, 2.45) is 10.9 Å². The van der Waals surface area contributed by atoms with Gasteiger partial charge >= 0.3 is 6.03 Å². The number of amidine groups is 1. The minimum absolute atomic E-state index is 0.000608. The molecular weight excluding hydrogens is 198 g/mol. The van der Waals surface area contributed by atoms with Gasteiger partial charge in [-0.1, -0.05) is 25.6 Å². The number of rotatable bonds is 1. The lowest BCUT2D eigenvalue weighted by molar-refractivity contribution is 0.234. The van der Waals surface area contributed by atoms with Crippen LogP contribution < -0.4 is 5.32 Å². The van der Waals surface area contributed by atoms with E-state index in [4.69, 9.17) is 0 Å². The summed E-state index contributed by atoms with van der Waals surface area (Å²) < 4.78 is 0. The van der Waals surface area contributed by atoms with Crippen LogP contribution in [-0.2, 0) is 0 Å². The van der Waals surface area contributed by atoms with Crippen LogP contribution in [0.5, 0.6) is 0 Å². The van der Waals surface area contributed by atoms with E-state index < -0.39 is 0 Å². The first-order valence-electron chi connectivity index (χ1n) is 4.94. The Bertz CT molecular complexity index is 277. The molecule has 78 valence electrons. The van der Waals surface area contributed by atoms with E-state index >= 15 is 0 Å². The van der Waals surface area contributed by atoms with E-state index in [-0.39, 0.29) is 6.03 Å². The second-order valence-electron chi connectivity index (χ2n) is 3.92. The fourth-order valence-electron chi connectivity index (χ4n) is 1.52. The van der Waals surface area contributed by atoms with Crippen molar-refractivity contribution in [3.05, 3.63) is 0 Å². The number of thioether (sulfide) groups is 1. The molecule has 1 atom stereocenters. The Kier molecular flexibility index (Phi) is 2.67. The third kappa shape index (κ3) is 1.73. The van der Waals surface area contributed by atoms with Gasteiger partial charge in [0.15, 0.2) is 5.17 Å². The van der Waals surface area contributed by atoms with Crippen molar-refractivity contribution in [1.82, 2.24) is 10.2 Å². The number of amides is 2. The summed E-state index contributed by atoms with van der Waals surface area (Å²) in [5, 5.41) is 3.68. The first kappa shape index (κ1) is 9.83. The zero-order valence-electron chi connectivity index (χ0n) is 8.49. The molecule has 0 aromatic heterocycles. The van der Waals surface area contributed by atoms with E-state index in [2.05, 4.69) is 24.2 Å². The molecule has 0 bridgehead atoms. The molecule has 2 heterocycles. The summed E-state index contributed by atoms with van der Waals surface area (Å²) in [7, 11) is 0. The van der Waals surface area contributed by atoms with Crippen LogP contribution in [0.2, 0.25) is 0 Å². The highest BCUT2D eigenvalue weighted by atomic mass is 32.2. The predicted molar refractivity (Wildman–Crippen MR) is 58.6 cm³/mol. The molecule has 1 N–H and O–H groups in total. The summed E-state index contributed by atoms with van der Waals surface area (Å²) in [5.74, 6) is 1.57. The molecule has 2 amide bonds. The zero-order valence-corrected chi connectivity index (χ0v) is 9.30. The Morgan fingerprint density at radius 2 is 2.43 bits per heavy atom. The monoisotopic (exact) mass is 213 g/mol. The Morgan fingerprint density at radius 3 is 2.93 bits per heavy atom. The SMILES string of the molecule is CC(C)C1CSC(N2CCNC2=O)=N1. The average Bonchev–Trinajstić information content (AvgIpc) is 2.71. The maximum absolute atomic E-state index is 11.4. The van der Waals surface area contributed by atoms with Crippen LogP contribution in [0.4, 0.5) is 4.79 Å². The minimum Gasteiger partial charge on any atom is -0.336 e. The molecule has 1 saturated heterocycles. The molecule has 5 heteroatoms. The number of nitrogens with zero attached hydrogens (tertiary/aromatic N) is 2. The summed E-state index contributed by atoms with van der Waals surface area (Å²) in [6, 6.07) is 0.379. The quantitative estimate of drug-likeness (QED) is 0.710. The van der Waals surface area contributed by atoms with Crippen LogP contribution in [0.1, 0.15) is 13.8 Å². The van der Waals surface area contributed by atoms with Crippen molar-refractivity contribution < 1.29 is 4.79 Å². The molecule has 0 spiro atoms. The normalized spacial score (nSPS) is 27.1. The highest BCUT2D eigenvalue weighted by molar-refractivity contribution is 8.14. The van der Waals surface area contributed by atoms with E-state index in [1.54, 1.807) is 16.7 Å². The lowest BCUT2D eigenvalue weighted by Crippen LogP contribution is -2.31. The Balaban J connectivity index is 2.05. The lowest BCUT2D eigenvalue weighted by atomic mass is 10.1. The van der Waals surface area contributed by atoms with Gasteiger partial charge in [0, 0.05) is 18.8 Å². The van der Waals surface area contributed by atoms with Gasteiger partial charge in [-0.3, -0.25) is 9.89 Å². The third-order valence-electron chi connectivity index (χ3n) is 2.52. The second-order valence-corrected chi connectivity index (χ2v) is 4.90. The van der Waals surface area contributed by atoms with E-state index in [0.717, 1.165) is 24.0 Å². The van der Waals surface area contributed by atoms with Gasteiger partial charge in [0.25, 0.3) is 0 Å². The molecule has 1 fully saturated rings. The summed E-state index contributed by atoms with van der Waals surface area (Å²) in [6.45, 7) is 5.84. The lowest BCUT2D eigenvalue weighted by Gasteiger charge is -2.12. The van der Waals surface area contributed by atoms with Crippen LogP contribution in [0.3, 0.4) is 0 Å². The van der Waals surface area contributed by atoms with Crippen LogP contribution in [0.25, 0.3) is 0 Å². The maximum Gasteiger partial charge on any atom is 0.323 e. The Hall–Kier alpha value is -0.710. The topological polar surface area (TPSA) is 44.7 Å². The standard InChI is InChI=1S/C9H15N3OS/c1-6(2)7-5-14-9(11-7)12-4-3-10-8(12)13/h6-7H,3-5H2,1-2H3,(H,10,13). The van der Waals surface area contributed by atoms with Gasteiger partial charge in [0.2, 0.25) is 0 Å². The molecule has 0 aromatic carbocycles. The fourth-order valence-corrected chi connectivity index (χ4v) is 2.84. The van der Waals surface area contributed by atoms with E-state index in [9.17, 15) is 4.79 Å². The summed E-state index contributed by atoms with van der Waals surface area (Å²) in [4.78, 5) is 17.7. The number of hydrogen-bond donors (Lipinski definition) is 1. The highest BCUT2D eigenvalue weighted by Crippen LogP contribution is 2.25. The van der Waals surface area contributed by atoms with Gasteiger partial charge in [0.1, 0.15) is 0 Å². The third-order valence-corrected chi connectivity index (χ3v) is 3.61. The van der Waals surface area contributed by atoms with E-state index in [1.807, 2.05) is 0 Å². The largest absolute Gasteiger partial charge is 0.336 e. The smallest absolute Gasteiger partial charge is 0.323 e. The van der Waals surface area contributed by atoms with Crippen LogP contribution in [0.15, 0.2) is 4.99 Å². The van der Waals surface area contributed by atoms with E-state index in [0.29, 0.717) is 12.0 Å². The summed E-state index contributed by atoms with van der Waals surface area (Å²) in [6.07, 6.45) is 0. The molecular formula is C9H15N3OS. The fraction of sp³-hybridized carbons (Fsp3) is 0.778. The molecule has 1 unspecified atom stereocenters. The van der Waals surface area contributed by atoms with Crippen molar-refractivity contribution in [2.75, 3.05) is 18.8 Å². The van der Waals surface area contributed by atoms with Gasteiger partial charge in [0.05, 0.1) is 6.04 Å². The van der Waals surface area contributed by atoms with Gasteiger partial charge in [-0.25, -0.2) is 4.79 Å². The summed E-state index contributed by atoms with van der Waals surface area (Å²) >= 11 is 1.69. The Morgan fingerprint density at radius 1 is 1.64 bits per heavy atom. The number of aliphatic imine (C=N–C) groups is 1. The molecule has 2 rings (SSSR count). The molecule has 2 aliphatic rings. The van der Waals surface area contributed by atoms with Gasteiger partial charge in [-0.05, 0) is 5.92 Å². The molecule has 0 aliphatic carbocycles. The van der Waals surface area contributed by atoms with Crippen molar-refractivity contribution in [3.8, 4) is 0 Å². The van der Waals surface area contributed by atoms with Gasteiger partial charge in [-0.15, -0.1) is 0 Å². The number of carbonyl (C=O) groups excluding carboxylic acids is 1. The predicted octanol–water partition coefficient (Wildman–Crippen LogP) is 1.14.